The van der Waals surface area contributed by atoms with E-state index >= 15 is 0 Å². The second-order valence-corrected chi connectivity index (χ2v) is 11.6. The number of rotatable bonds is 5. The number of hydrogen-bond acceptors (Lipinski definition) is 4. The molecule has 1 saturated heterocycles. The highest BCUT2D eigenvalue weighted by atomic mass is 127. The van der Waals surface area contributed by atoms with Gasteiger partial charge in [-0.25, -0.2) is 0 Å². The first kappa shape index (κ1) is 23.0. The lowest BCUT2D eigenvalue weighted by Crippen LogP contribution is -2.37. The molecule has 4 nitrogen and oxygen atoms in total. The maximum Gasteiger partial charge on any atom is 0.196 e. The van der Waals surface area contributed by atoms with Gasteiger partial charge in [-0.2, -0.15) is 0 Å². The second-order valence-electron chi connectivity index (χ2n) is 10.5. The zero-order valence-corrected chi connectivity index (χ0v) is 21.2. The van der Waals surface area contributed by atoms with E-state index < -0.39 is 0 Å². The van der Waals surface area contributed by atoms with Crippen molar-refractivity contribution < 1.29 is 9.53 Å². The largest absolute Gasteiger partial charge is 0.490 e. The first-order valence-electron chi connectivity index (χ1n) is 11.8. The molecule has 0 N–H and O–H groups in total. The average molecular weight is 534 g/mol. The number of hydrogen-bond donors (Lipinski definition) is 0. The van der Waals surface area contributed by atoms with Crippen molar-refractivity contribution in [3.63, 3.8) is 0 Å². The number of likely N-dealkylation sites (tertiary alicyclic amines) is 1. The smallest absolute Gasteiger partial charge is 0.196 e. The van der Waals surface area contributed by atoms with Crippen LogP contribution in [0.25, 0.3) is 10.9 Å². The van der Waals surface area contributed by atoms with E-state index in [1.807, 2.05) is 22.6 Å². The van der Waals surface area contributed by atoms with Crippen molar-refractivity contribution in [1.29, 1.82) is 0 Å². The monoisotopic (exact) mass is 534 g/mol. The van der Waals surface area contributed by atoms with E-state index in [2.05, 4.69) is 56.0 Å². The van der Waals surface area contributed by atoms with Crippen LogP contribution in [0.3, 0.4) is 0 Å². The fraction of sp³-hybridized carbons (Fsp3) is 0.615. The second kappa shape index (κ2) is 9.74. The number of benzene rings is 1. The van der Waals surface area contributed by atoms with Gasteiger partial charge in [0.1, 0.15) is 5.75 Å². The van der Waals surface area contributed by atoms with E-state index in [9.17, 15) is 4.79 Å². The van der Waals surface area contributed by atoms with Gasteiger partial charge in [-0.05, 0) is 103 Å². The molecule has 4 rings (SSSR count). The molecule has 168 valence electrons. The number of halogens is 1. The predicted molar refractivity (Wildman–Crippen MR) is 135 cm³/mol. The van der Waals surface area contributed by atoms with Gasteiger partial charge in [0.2, 0.25) is 0 Å². The van der Waals surface area contributed by atoms with Gasteiger partial charge in [0, 0.05) is 24.4 Å². The van der Waals surface area contributed by atoms with Crippen molar-refractivity contribution >= 4 is 37.3 Å². The highest BCUT2D eigenvalue weighted by Gasteiger charge is 2.30. The van der Waals surface area contributed by atoms with E-state index in [1.54, 1.807) is 0 Å². The summed E-state index contributed by atoms with van der Waals surface area (Å²) < 4.78 is 6.63. The topological polar surface area (TPSA) is 42.4 Å². The molecule has 1 aromatic carbocycles. The Bertz CT molecular complexity index is 915. The van der Waals surface area contributed by atoms with Crippen LogP contribution in [0.2, 0.25) is 0 Å². The molecule has 1 aliphatic heterocycles. The molecule has 2 fully saturated rings. The van der Waals surface area contributed by atoms with E-state index in [0.717, 1.165) is 73.6 Å². The SMILES string of the molecule is CC(C)(C)[C@H]1CC[C@H](Oc2ccc3nc(CN4CCCC(C(=O)I)C4)ccc3c2)CC1. The maximum absolute atomic E-state index is 11.7. The van der Waals surface area contributed by atoms with Gasteiger partial charge in [-0.15, -0.1) is 0 Å². The molecule has 0 spiro atoms. The lowest BCUT2D eigenvalue weighted by Gasteiger charge is -2.36. The van der Waals surface area contributed by atoms with Crippen molar-refractivity contribution in [3.8, 4) is 5.75 Å². The third kappa shape index (κ3) is 5.98. The quantitative estimate of drug-likeness (QED) is 0.329. The first-order chi connectivity index (χ1) is 14.8. The van der Waals surface area contributed by atoms with Crippen LogP contribution < -0.4 is 4.74 Å². The van der Waals surface area contributed by atoms with E-state index in [-0.39, 0.29) is 9.71 Å². The van der Waals surface area contributed by atoms with Gasteiger partial charge >= 0.3 is 0 Å². The van der Waals surface area contributed by atoms with Gasteiger partial charge in [-0.1, -0.05) is 26.8 Å². The fourth-order valence-corrected chi connectivity index (χ4v) is 5.67. The third-order valence-electron chi connectivity index (χ3n) is 7.13. The summed E-state index contributed by atoms with van der Waals surface area (Å²) in [6.45, 7) is 9.78. The van der Waals surface area contributed by atoms with Gasteiger partial charge < -0.3 is 4.74 Å². The number of ether oxygens (including phenoxy) is 1. The summed E-state index contributed by atoms with van der Waals surface area (Å²) in [7, 11) is 0. The van der Waals surface area contributed by atoms with Gasteiger partial charge in [0.05, 0.1) is 17.3 Å². The Morgan fingerprint density at radius 3 is 2.61 bits per heavy atom. The zero-order valence-electron chi connectivity index (χ0n) is 19.1. The number of aromatic nitrogens is 1. The molecule has 1 aromatic heterocycles. The lowest BCUT2D eigenvalue weighted by atomic mass is 9.72. The van der Waals surface area contributed by atoms with Crippen molar-refractivity contribution in [3.05, 3.63) is 36.0 Å². The van der Waals surface area contributed by atoms with Gasteiger partial charge in [-0.3, -0.25) is 14.7 Å². The maximum atomic E-state index is 11.7. The molecule has 1 atom stereocenters. The Balaban J connectivity index is 1.37. The van der Waals surface area contributed by atoms with Gasteiger partial charge in [0.25, 0.3) is 0 Å². The summed E-state index contributed by atoms with van der Waals surface area (Å²) >= 11 is 1.95. The minimum absolute atomic E-state index is 0.174. The molecule has 5 heteroatoms. The van der Waals surface area contributed by atoms with Crippen molar-refractivity contribution in [1.82, 2.24) is 9.88 Å². The van der Waals surface area contributed by atoms with Crippen LogP contribution in [0.4, 0.5) is 0 Å². The number of piperidine rings is 1. The van der Waals surface area contributed by atoms with Gasteiger partial charge in [0.15, 0.2) is 3.79 Å². The average Bonchev–Trinajstić information content (AvgIpc) is 2.74. The van der Waals surface area contributed by atoms with Crippen molar-refractivity contribution in [2.24, 2.45) is 17.3 Å². The Hall–Kier alpha value is -1.21. The zero-order chi connectivity index (χ0) is 22.0. The van der Waals surface area contributed by atoms with Crippen molar-refractivity contribution in [2.45, 2.75) is 71.9 Å². The van der Waals surface area contributed by atoms with E-state index in [1.165, 1.54) is 12.8 Å². The molecular weight excluding hydrogens is 499 g/mol. The van der Waals surface area contributed by atoms with Crippen LogP contribution in [-0.2, 0) is 11.3 Å². The van der Waals surface area contributed by atoms with Crippen LogP contribution in [-0.4, -0.2) is 32.9 Å². The normalized spacial score (nSPS) is 25.5. The Labute approximate surface area is 200 Å². The predicted octanol–water partition coefficient (Wildman–Crippen LogP) is 6.39. The van der Waals surface area contributed by atoms with Crippen LogP contribution in [0.1, 0.15) is 65.0 Å². The Morgan fingerprint density at radius 2 is 1.90 bits per heavy atom. The first-order valence-corrected chi connectivity index (χ1v) is 12.8. The molecule has 2 heterocycles. The highest BCUT2D eigenvalue weighted by molar-refractivity contribution is 14.1. The summed E-state index contributed by atoms with van der Waals surface area (Å²) in [5, 5.41) is 1.13. The minimum atomic E-state index is 0.174. The summed E-state index contributed by atoms with van der Waals surface area (Å²) in [4.78, 5) is 19.0. The number of carbonyl (C=O) groups is 1. The summed E-state index contributed by atoms with van der Waals surface area (Å²) in [6.07, 6.45) is 7.24. The van der Waals surface area contributed by atoms with Crippen molar-refractivity contribution in [2.75, 3.05) is 13.1 Å². The van der Waals surface area contributed by atoms with E-state index in [4.69, 9.17) is 9.72 Å². The van der Waals surface area contributed by atoms with E-state index in [0.29, 0.717) is 11.5 Å². The molecule has 0 bridgehead atoms. The standard InChI is InChI=1S/C26H35IN2O2/c1-26(2,3)20-7-10-22(11-8-20)31-23-12-13-24-18(15-23)6-9-21(28-24)17-29-14-4-5-19(16-29)25(27)30/h6,9,12-13,15,19-20,22H,4-5,7-8,10-11,14,16-17H2,1-3H3/t19?,20-,22-. The summed E-state index contributed by atoms with van der Waals surface area (Å²) in [6, 6.07) is 10.6. The molecule has 2 aliphatic rings. The molecule has 1 unspecified atom stereocenters. The minimum Gasteiger partial charge on any atom is -0.490 e. The summed E-state index contributed by atoms with van der Waals surface area (Å²) in [5.41, 5.74) is 2.49. The number of nitrogens with zero attached hydrogens (tertiary/aromatic N) is 2. The molecule has 1 aliphatic carbocycles. The lowest BCUT2D eigenvalue weighted by molar-refractivity contribution is -0.114. The Kier molecular flexibility index (Phi) is 7.21. The van der Waals surface area contributed by atoms with Crippen LogP contribution >= 0.6 is 22.6 Å². The Morgan fingerprint density at radius 1 is 1.13 bits per heavy atom. The number of carbonyl (C=O) groups excluding carboxylic acids is 1. The number of fused-ring (bicyclic) bond motifs is 1. The molecule has 0 radical (unpaired) electrons. The molecular formula is C26H35IN2O2. The molecule has 2 aromatic rings. The van der Waals surface area contributed by atoms with Crippen LogP contribution in [0.15, 0.2) is 30.3 Å². The van der Waals surface area contributed by atoms with Crippen LogP contribution in [0, 0.1) is 17.3 Å². The highest BCUT2D eigenvalue weighted by Crippen LogP contribution is 2.39. The molecule has 1 saturated carbocycles. The molecule has 0 amide bonds. The number of pyridine rings is 1. The van der Waals surface area contributed by atoms with Crippen LogP contribution in [0.5, 0.6) is 5.75 Å². The third-order valence-corrected chi connectivity index (χ3v) is 8.01. The summed E-state index contributed by atoms with van der Waals surface area (Å²) in [5.74, 6) is 1.94. The molecule has 31 heavy (non-hydrogen) atoms. The fourth-order valence-electron chi connectivity index (χ4n) is 5.16.